The minimum Gasteiger partial charge on any atom is -0.386 e. The third-order valence-electron chi connectivity index (χ3n) is 2.25. The van der Waals surface area contributed by atoms with E-state index >= 15 is 0 Å². The van der Waals surface area contributed by atoms with E-state index in [0.717, 1.165) is 10.9 Å². The van der Waals surface area contributed by atoms with Gasteiger partial charge in [-0.3, -0.25) is 0 Å². The Morgan fingerprint density at radius 1 is 1.47 bits per heavy atom. The van der Waals surface area contributed by atoms with Crippen LogP contribution < -0.4 is 0 Å². The molecule has 0 saturated heterocycles. The lowest BCUT2D eigenvalue weighted by Gasteiger charge is -2.01. The predicted octanol–water partition coefficient (Wildman–Crippen LogP) is 2.77. The van der Waals surface area contributed by atoms with Crippen LogP contribution in [0.15, 0.2) is 24.3 Å². The second-order valence-electron chi connectivity index (χ2n) is 3.33. The Morgan fingerprint density at radius 3 is 3.00 bits per heavy atom. The van der Waals surface area contributed by atoms with Gasteiger partial charge in [0.2, 0.25) is 0 Å². The molecule has 0 aliphatic rings. The Bertz CT molecular complexity index is 527. The van der Waals surface area contributed by atoms with Crippen molar-refractivity contribution in [3.05, 3.63) is 35.0 Å². The van der Waals surface area contributed by atoms with Crippen LogP contribution in [0.5, 0.6) is 0 Å². The number of fused-ring (bicyclic) bond motifs is 1. The molecule has 4 heteroatoms. The highest BCUT2D eigenvalue weighted by Gasteiger charge is 2.10. The molecule has 2 N–H and O–H groups in total. The van der Waals surface area contributed by atoms with E-state index in [4.69, 9.17) is 16.9 Å². The normalized spacial score (nSPS) is 12.6. The molecule has 1 unspecified atom stereocenters. The molecule has 0 radical (unpaired) electrons. The van der Waals surface area contributed by atoms with Gasteiger partial charge in [0, 0.05) is 21.6 Å². The average Bonchev–Trinajstić information content (AvgIpc) is 2.60. The number of H-pyrrole nitrogens is 1. The number of rotatable bonds is 2. The zero-order valence-electron chi connectivity index (χ0n) is 7.87. The van der Waals surface area contributed by atoms with E-state index in [1.165, 1.54) is 0 Å². The van der Waals surface area contributed by atoms with Crippen LogP contribution in [0.3, 0.4) is 0 Å². The Kier molecular flexibility index (Phi) is 2.63. The van der Waals surface area contributed by atoms with Crippen LogP contribution in [-0.2, 0) is 0 Å². The van der Waals surface area contributed by atoms with Crippen molar-refractivity contribution in [3.8, 4) is 6.07 Å². The number of aliphatic hydroxyl groups is 1. The van der Waals surface area contributed by atoms with Crippen molar-refractivity contribution in [2.75, 3.05) is 0 Å². The molecule has 0 saturated carbocycles. The molecule has 1 aromatic carbocycles. The van der Waals surface area contributed by atoms with Crippen LogP contribution >= 0.6 is 11.6 Å². The van der Waals surface area contributed by atoms with E-state index in [9.17, 15) is 5.11 Å². The SMILES string of the molecule is N#CCC(O)c1cc2cc(Cl)ccc2[nH]1. The summed E-state index contributed by atoms with van der Waals surface area (Å²) in [6, 6.07) is 9.18. The van der Waals surface area contributed by atoms with E-state index in [1.807, 2.05) is 24.3 Å². The van der Waals surface area contributed by atoms with E-state index in [-0.39, 0.29) is 6.42 Å². The molecule has 76 valence electrons. The summed E-state index contributed by atoms with van der Waals surface area (Å²) < 4.78 is 0. The van der Waals surface area contributed by atoms with Gasteiger partial charge in [-0.2, -0.15) is 5.26 Å². The molecule has 0 bridgehead atoms. The number of nitrogens with zero attached hydrogens (tertiary/aromatic N) is 1. The van der Waals surface area contributed by atoms with Crippen molar-refractivity contribution in [2.45, 2.75) is 12.5 Å². The summed E-state index contributed by atoms with van der Waals surface area (Å²) in [7, 11) is 0. The molecule has 3 nitrogen and oxygen atoms in total. The first-order valence-corrected chi connectivity index (χ1v) is 4.91. The number of aromatic amines is 1. The van der Waals surface area contributed by atoms with E-state index in [1.54, 1.807) is 6.07 Å². The number of aromatic nitrogens is 1. The Morgan fingerprint density at radius 2 is 2.27 bits per heavy atom. The fraction of sp³-hybridized carbons (Fsp3) is 0.182. The van der Waals surface area contributed by atoms with Crippen LogP contribution in [-0.4, -0.2) is 10.1 Å². The molecule has 1 aromatic heterocycles. The Labute approximate surface area is 91.9 Å². The van der Waals surface area contributed by atoms with Gasteiger partial charge in [0.05, 0.1) is 12.5 Å². The average molecular weight is 221 g/mol. The van der Waals surface area contributed by atoms with Crippen LogP contribution in [0.4, 0.5) is 0 Å². The molecule has 0 aliphatic carbocycles. The molecule has 0 amide bonds. The fourth-order valence-corrected chi connectivity index (χ4v) is 1.68. The summed E-state index contributed by atoms with van der Waals surface area (Å²) in [5, 5.41) is 19.7. The standard InChI is InChI=1S/C11H9ClN2O/c12-8-1-2-9-7(5-8)6-10(14-9)11(15)3-4-13/h1-2,5-6,11,14-15H,3H2. The van der Waals surface area contributed by atoms with Gasteiger partial charge in [-0.1, -0.05) is 11.6 Å². The Balaban J connectivity index is 2.43. The van der Waals surface area contributed by atoms with Crippen LogP contribution in [0.1, 0.15) is 18.2 Å². The second-order valence-corrected chi connectivity index (χ2v) is 3.77. The molecule has 2 rings (SSSR count). The van der Waals surface area contributed by atoms with E-state index in [2.05, 4.69) is 4.98 Å². The molecule has 1 atom stereocenters. The van der Waals surface area contributed by atoms with Crippen molar-refractivity contribution in [2.24, 2.45) is 0 Å². The van der Waals surface area contributed by atoms with Gasteiger partial charge in [-0.25, -0.2) is 0 Å². The fourth-order valence-electron chi connectivity index (χ4n) is 1.50. The van der Waals surface area contributed by atoms with Crippen molar-refractivity contribution in [1.82, 2.24) is 4.98 Å². The molecule has 15 heavy (non-hydrogen) atoms. The lowest BCUT2D eigenvalue weighted by Crippen LogP contribution is -1.95. The van der Waals surface area contributed by atoms with Gasteiger partial charge in [0.15, 0.2) is 0 Å². The van der Waals surface area contributed by atoms with Crippen LogP contribution in [0.2, 0.25) is 5.02 Å². The van der Waals surface area contributed by atoms with Gasteiger partial charge < -0.3 is 10.1 Å². The van der Waals surface area contributed by atoms with Crippen molar-refractivity contribution in [3.63, 3.8) is 0 Å². The number of nitrogens with one attached hydrogen (secondary N) is 1. The third-order valence-corrected chi connectivity index (χ3v) is 2.48. The minimum atomic E-state index is -0.763. The van der Waals surface area contributed by atoms with Crippen LogP contribution in [0.25, 0.3) is 10.9 Å². The van der Waals surface area contributed by atoms with Gasteiger partial charge in [-0.15, -0.1) is 0 Å². The maximum atomic E-state index is 9.60. The van der Waals surface area contributed by atoms with Crippen molar-refractivity contribution >= 4 is 22.5 Å². The first-order chi connectivity index (χ1) is 7.20. The molecular weight excluding hydrogens is 212 g/mol. The maximum Gasteiger partial charge on any atom is 0.107 e. The summed E-state index contributed by atoms with van der Waals surface area (Å²) in [5.74, 6) is 0. The first-order valence-electron chi connectivity index (χ1n) is 4.54. The predicted molar refractivity (Wildman–Crippen MR) is 58.5 cm³/mol. The Hall–Kier alpha value is -1.50. The number of hydrogen-bond donors (Lipinski definition) is 2. The smallest absolute Gasteiger partial charge is 0.107 e. The highest BCUT2D eigenvalue weighted by molar-refractivity contribution is 6.31. The minimum absolute atomic E-state index is 0.0839. The zero-order chi connectivity index (χ0) is 10.8. The molecule has 0 fully saturated rings. The molecular formula is C11H9ClN2O. The van der Waals surface area contributed by atoms with E-state index in [0.29, 0.717) is 10.7 Å². The summed E-state index contributed by atoms with van der Waals surface area (Å²) in [6.45, 7) is 0. The lowest BCUT2D eigenvalue weighted by molar-refractivity contribution is 0.179. The van der Waals surface area contributed by atoms with Crippen molar-refractivity contribution < 1.29 is 5.11 Å². The van der Waals surface area contributed by atoms with Gasteiger partial charge >= 0.3 is 0 Å². The quantitative estimate of drug-likeness (QED) is 0.818. The lowest BCUT2D eigenvalue weighted by atomic mass is 10.2. The van der Waals surface area contributed by atoms with Gasteiger partial charge in [0.25, 0.3) is 0 Å². The molecule has 0 spiro atoms. The van der Waals surface area contributed by atoms with Gasteiger partial charge in [-0.05, 0) is 24.3 Å². The summed E-state index contributed by atoms with van der Waals surface area (Å²) in [4.78, 5) is 3.05. The molecule has 0 aliphatic heterocycles. The molecule has 1 heterocycles. The number of hydrogen-bond acceptors (Lipinski definition) is 2. The second kappa shape index (κ2) is 3.93. The number of halogens is 1. The summed E-state index contributed by atoms with van der Waals surface area (Å²) in [6.07, 6.45) is -0.679. The zero-order valence-corrected chi connectivity index (χ0v) is 8.62. The largest absolute Gasteiger partial charge is 0.386 e. The van der Waals surface area contributed by atoms with Crippen molar-refractivity contribution in [1.29, 1.82) is 5.26 Å². The monoisotopic (exact) mass is 220 g/mol. The number of aliphatic hydroxyl groups excluding tert-OH is 1. The highest BCUT2D eigenvalue weighted by atomic mass is 35.5. The third kappa shape index (κ3) is 1.96. The summed E-state index contributed by atoms with van der Waals surface area (Å²) in [5.41, 5.74) is 1.56. The topological polar surface area (TPSA) is 59.8 Å². The number of benzene rings is 1. The molecule has 2 aromatic rings. The maximum absolute atomic E-state index is 9.60. The number of nitriles is 1. The van der Waals surface area contributed by atoms with Crippen LogP contribution in [0, 0.1) is 11.3 Å². The highest BCUT2D eigenvalue weighted by Crippen LogP contribution is 2.24. The van der Waals surface area contributed by atoms with E-state index < -0.39 is 6.10 Å². The first kappa shape index (κ1) is 10.0. The van der Waals surface area contributed by atoms with Gasteiger partial charge in [0.1, 0.15) is 6.10 Å². The summed E-state index contributed by atoms with van der Waals surface area (Å²) >= 11 is 5.84.